The number of amides is 1. The van der Waals surface area contributed by atoms with Crippen LogP contribution in [-0.2, 0) is 24.2 Å². The topological polar surface area (TPSA) is 64.0 Å². The molecule has 31 heavy (non-hydrogen) atoms. The van der Waals surface area contributed by atoms with Gasteiger partial charge in [0, 0.05) is 20.6 Å². The molecule has 7 heteroatoms. The molecule has 5 rings (SSSR count). The van der Waals surface area contributed by atoms with Gasteiger partial charge < -0.3 is 5.32 Å². The Hall–Kier alpha value is -2.77. The first-order valence-electron chi connectivity index (χ1n) is 10.3. The molecule has 0 atom stereocenters. The highest BCUT2D eigenvalue weighted by Crippen LogP contribution is 2.34. The van der Waals surface area contributed by atoms with E-state index in [1.807, 2.05) is 54.6 Å². The zero-order valence-corrected chi connectivity index (χ0v) is 19.1. The number of carbonyl (C=O) groups excluding carboxylic acids is 1. The summed E-state index contributed by atoms with van der Waals surface area (Å²) in [6.07, 6.45) is 4.14. The molecular weight excluding hydrogens is 474 g/mol. The van der Waals surface area contributed by atoms with Crippen molar-refractivity contribution in [2.24, 2.45) is 0 Å². The Bertz CT molecular complexity index is 1340. The summed E-state index contributed by atoms with van der Waals surface area (Å²) in [6, 6.07) is 17.0. The van der Waals surface area contributed by atoms with Crippen LogP contribution in [-0.4, -0.2) is 15.5 Å². The van der Waals surface area contributed by atoms with Gasteiger partial charge in [-0.1, -0.05) is 52.3 Å². The lowest BCUT2D eigenvalue weighted by atomic mass is 9.97. The molecule has 0 aliphatic heterocycles. The third-order valence-corrected chi connectivity index (χ3v) is 7.20. The molecule has 2 aromatic heterocycles. The summed E-state index contributed by atoms with van der Waals surface area (Å²) in [4.78, 5) is 33.4. The quantitative estimate of drug-likeness (QED) is 0.413. The maximum Gasteiger partial charge on any atom is 0.263 e. The number of halogens is 1. The minimum Gasteiger partial charge on any atom is -0.324 e. The van der Waals surface area contributed by atoms with Crippen LogP contribution in [0.3, 0.4) is 0 Å². The number of thiophene rings is 1. The average molecular weight is 494 g/mol. The van der Waals surface area contributed by atoms with Crippen molar-refractivity contribution in [3.8, 4) is 11.4 Å². The van der Waals surface area contributed by atoms with Gasteiger partial charge >= 0.3 is 0 Å². The van der Waals surface area contributed by atoms with E-state index in [2.05, 4.69) is 21.2 Å². The van der Waals surface area contributed by atoms with Gasteiger partial charge in [0.15, 0.2) is 0 Å². The Morgan fingerprint density at radius 3 is 2.71 bits per heavy atom. The minimum atomic E-state index is -0.261. The second-order valence-electron chi connectivity index (χ2n) is 7.64. The molecule has 0 unspecified atom stereocenters. The van der Waals surface area contributed by atoms with E-state index >= 15 is 0 Å². The van der Waals surface area contributed by atoms with E-state index in [0.717, 1.165) is 46.1 Å². The monoisotopic (exact) mass is 493 g/mol. The lowest BCUT2D eigenvalue weighted by molar-refractivity contribution is -0.116. The van der Waals surface area contributed by atoms with Crippen LogP contribution in [0.4, 0.5) is 5.69 Å². The van der Waals surface area contributed by atoms with Crippen LogP contribution < -0.4 is 10.9 Å². The molecule has 1 amide bonds. The molecule has 2 aromatic carbocycles. The smallest absolute Gasteiger partial charge is 0.263 e. The van der Waals surface area contributed by atoms with Gasteiger partial charge in [0.05, 0.1) is 5.39 Å². The molecule has 4 aromatic rings. The summed E-state index contributed by atoms with van der Waals surface area (Å²) < 4.78 is 2.40. The number of nitrogens with one attached hydrogen (secondary N) is 1. The molecule has 0 radical (unpaired) electrons. The lowest BCUT2D eigenvalue weighted by Crippen LogP contribution is -2.30. The molecule has 1 aliphatic carbocycles. The Morgan fingerprint density at radius 1 is 1.10 bits per heavy atom. The highest BCUT2D eigenvalue weighted by atomic mass is 79.9. The van der Waals surface area contributed by atoms with Crippen LogP contribution in [0.2, 0.25) is 0 Å². The van der Waals surface area contributed by atoms with Crippen LogP contribution in [0.5, 0.6) is 0 Å². The fourth-order valence-corrected chi connectivity index (χ4v) is 5.75. The van der Waals surface area contributed by atoms with E-state index in [-0.39, 0.29) is 18.0 Å². The average Bonchev–Trinajstić information content (AvgIpc) is 3.15. The number of carbonyl (C=O) groups is 1. The van der Waals surface area contributed by atoms with Gasteiger partial charge in [0.1, 0.15) is 17.2 Å². The SMILES string of the molecule is O=C(Cn1c(-c2ccccc2)nc2sc3c(c2c1=O)CCCC3)Nc1cccc(Br)c1. The van der Waals surface area contributed by atoms with Crippen molar-refractivity contribution in [1.29, 1.82) is 0 Å². The predicted molar refractivity (Wildman–Crippen MR) is 129 cm³/mol. The third kappa shape index (κ3) is 3.95. The zero-order chi connectivity index (χ0) is 21.4. The standard InChI is InChI=1S/C24H20BrN3O2S/c25-16-9-6-10-17(13-16)26-20(29)14-28-22(15-7-2-1-3-8-15)27-23-21(24(28)30)18-11-4-5-12-19(18)31-23/h1-3,6-10,13H,4-5,11-12,14H2,(H,26,29). The maximum atomic E-state index is 13.6. The number of aryl methyl sites for hydroxylation is 2. The van der Waals surface area contributed by atoms with Crippen molar-refractivity contribution in [3.63, 3.8) is 0 Å². The molecule has 0 saturated carbocycles. The third-order valence-electron chi connectivity index (χ3n) is 5.52. The molecule has 1 aliphatic rings. The number of hydrogen-bond donors (Lipinski definition) is 1. The zero-order valence-electron chi connectivity index (χ0n) is 16.7. The molecule has 0 bridgehead atoms. The number of nitrogens with zero attached hydrogens (tertiary/aromatic N) is 2. The number of rotatable bonds is 4. The maximum absolute atomic E-state index is 13.6. The highest BCUT2D eigenvalue weighted by molar-refractivity contribution is 9.10. The Kier molecular flexibility index (Phi) is 5.46. The molecule has 1 N–H and O–H groups in total. The Balaban J connectivity index is 1.61. The van der Waals surface area contributed by atoms with Crippen molar-refractivity contribution < 1.29 is 4.79 Å². The Labute approximate surface area is 191 Å². The van der Waals surface area contributed by atoms with Crippen LogP contribution in [0, 0.1) is 0 Å². The van der Waals surface area contributed by atoms with Crippen LogP contribution in [0.15, 0.2) is 63.9 Å². The number of anilines is 1. The fourth-order valence-electron chi connectivity index (χ4n) is 4.10. The predicted octanol–water partition coefficient (Wildman–Crippen LogP) is 5.41. The summed E-state index contributed by atoms with van der Waals surface area (Å²) >= 11 is 5.04. The molecule has 0 saturated heterocycles. The van der Waals surface area contributed by atoms with Gasteiger partial charge in [-0.2, -0.15) is 0 Å². The Morgan fingerprint density at radius 2 is 1.90 bits per heavy atom. The molecule has 2 heterocycles. The summed E-state index contributed by atoms with van der Waals surface area (Å²) in [5.74, 6) is 0.267. The van der Waals surface area contributed by atoms with Crippen LogP contribution in [0.25, 0.3) is 21.6 Å². The van der Waals surface area contributed by atoms with E-state index in [1.54, 1.807) is 11.3 Å². The fraction of sp³-hybridized carbons (Fsp3) is 0.208. The normalized spacial score (nSPS) is 13.2. The van der Waals surface area contributed by atoms with Gasteiger partial charge in [-0.05, 0) is 49.4 Å². The second kappa shape index (κ2) is 8.40. The number of fused-ring (bicyclic) bond motifs is 3. The summed E-state index contributed by atoms with van der Waals surface area (Å²) in [5, 5.41) is 3.58. The van der Waals surface area contributed by atoms with E-state index < -0.39 is 0 Å². The van der Waals surface area contributed by atoms with Crippen molar-refractivity contribution in [3.05, 3.63) is 79.9 Å². The van der Waals surface area contributed by atoms with Crippen LogP contribution in [0.1, 0.15) is 23.3 Å². The largest absolute Gasteiger partial charge is 0.324 e. The van der Waals surface area contributed by atoms with Gasteiger partial charge in [-0.3, -0.25) is 14.2 Å². The van der Waals surface area contributed by atoms with Gasteiger partial charge in [-0.25, -0.2) is 4.98 Å². The highest BCUT2D eigenvalue weighted by Gasteiger charge is 2.23. The van der Waals surface area contributed by atoms with Gasteiger partial charge in [0.2, 0.25) is 5.91 Å². The van der Waals surface area contributed by atoms with Crippen molar-refractivity contribution in [2.75, 3.05) is 5.32 Å². The number of benzene rings is 2. The van der Waals surface area contributed by atoms with Gasteiger partial charge in [-0.15, -0.1) is 11.3 Å². The summed E-state index contributed by atoms with van der Waals surface area (Å²) in [7, 11) is 0. The second-order valence-corrected chi connectivity index (χ2v) is 9.64. The minimum absolute atomic E-state index is 0.0941. The molecule has 0 spiro atoms. The summed E-state index contributed by atoms with van der Waals surface area (Å²) in [5.41, 5.74) is 2.50. The molecule has 0 fully saturated rings. The van der Waals surface area contributed by atoms with E-state index in [1.165, 1.54) is 9.44 Å². The number of hydrogen-bond acceptors (Lipinski definition) is 4. The van der Waals surface area contributed by atoms with E-state index in [4.69, 9.17) is 4.98 Å². The molecule has 156 valence electrons. The van der Waals surface area contributed by atoms with Crippen LogP contribution >= 0.6 is 27.3 Å². The van der Waals surface area contributed by atoms with Crippen molar-refractivity contribution in [1.82, 2.24) is 9.55 Å². The van der Waals surface area contributed by atoms with Crippen molar-refractivity contribution >= 4 is 49.1 Å². The first-order chi connectivity index (χ1) is 15.1. The van der Waals surface area contributed by atoms with Crippen molar-refractivity contribution in [2.45, 2.75) is 32.2 Å². The molecular formula is C24H20BrN3O2S. The lowest BCUT2D eigenvalue weighted by Gasteiger charge is -2.14. The van der Waals surface area contributed by atoms with E-state index in [0.29, 0.717) is 16.9 Å². The first-order valence-corrected chi connectivity index (χ1v) is 11.9. The first kappa shape index (κ1) is 20.2. The number of aromatic nitrogens is 2. The van der Waals surface area contributed by atoms with E-state index in [9.17, 15) is 9.59 Å². The summed E-state index contributed by atoms with van der Waals surface area (Å²) in [6.45, 7) is -0.0941. The van der Waals surface area contributed by atoms with Gasteiger partial charge in [0.25, 0.3) is 5.56 Å². The molecule has 5 nitrogen and oxygen atoms in total.